The molecule has 0 aliphatic heterocycles. The second kappa shape index (κ2) is 8.42. The summed E-state index contributed by atoms with van der Waals surface area (Å²) in [6, 6.07) is 14.8. The number of hydrogen-bond acceptors (Lipinski definition) is 4. The lowest BCUT2D eigenvalue weighted by molar-refractivity contribution is -0.113. The molecule has 1 aromatic heterocycles. The molecule has 0 bridgehead atoms. The van der Waals surface area contributed by atoms with Crippen LogP contribution in [-0.2, 0) is 16.1 Å². The Kier molecular flexibility index (Phi) is 5.78. The highest BCUT2D eigenvalue weighted by molar-refractivity contribution is 7.16. The normalized spacial score (nSPS) is 11.8. The Labute approximate surface area is 160 Å². The van der Waals surface area contributed by atoms with E-state index in [2.05, 4.69) is 11.6 Å². The Morgan fingerprint density at radius 2 is 2.00 bits per heavy atom. The van der Waals surface area contributed by atoms with Crippen LogP contribution in [0, 0.1) is 0 Å². The standard InChI is InChI=1S/C21H18N2O3S/c1-3-13-23-17-11-10-16(20(25)26-2)14-18(17)27-21(23)22-19(24)12-9-15-7-5-4-6-8-15/h3-12,14H,1,13H2,2H3. The predicted molar refractivity (Wildman–Crippen MR) is 107 cm³/mol. The number of esters is 1. The van der Waals surface area contributed by atoms with Gasteiger partial charge in [0, 0.05) is 12.6 Å². The van der Waals surface area contributed by atoms with E-state index in [0.29, 0.717) is 16.9 Å². The van der Waals surface area contributed by atoms with Crippen LogP contribution in [0.15, 0.2) is 72.3 Å². The topological polar surface area (TPSA) is 60.7 Å². The van der Waals surface area contributed by atoms with Crippen molar-refractivity contribution in [2.45, 2.75) is 6.54 Å². The first-order valence-corrected chi connectivity index (χ1v) is 9.08. The van der Waals surface area contributed by atoms with Gasteiger partial charge in [-0.25, -0.2) is 4.79 Å². The van der Waals surface area contributed by atoms with Gasteiger partial charge in [-0.15, -0.1) is 6.58 Å². The molecule has 3 rings (SSSR count). The van der Waals surface area contributed by atoms with Crippen molar-refractivity contribution in [3.05, 3.63) is 83.2 Å². The van der Waals surface area contributed by atoms with Gasteiger partial charge in [-0.3, -0.25) is 4.79 Å². The number of hydrogen-bond donors (Lipinski definition) is 0. The molecule has 0 saturated carbocycles. The molecular formula is C21H18N2O3S. The maximum absolute atomic E-state index is 12.3. The molecule has 0 N–H and O–H groups in total. The fraction of sp³-hybridized carbons (Fsp3) is 0.0952. The van der Waals surface area contributed by atoms with Gasteiger partial charge in [0.2, 0.25) is 0 Å². The minimum Gasteiger partial charge on any atom is -0.465 e. The summed E-state index contributed by atoms with van der Waals surface area (Å²) in [5.74, 6) is -0.752. The first-order valence-electron chi connectivity index (χ1n) is 8.27. The van der Waals surface area contributed by atoms with E-state index in [4.69, 9.17) is 4.74 Å². The Bertz CT molecular complexity index is 1090. The van der Waals surface area contributed by atoms with Crippen molar-refractivity contribution < 1.29 is 14.3 Å². The number of rotatable bonds is 5. The second-order valence-electron chi connectivity index (χ2n) is 5.65. The molecule has 1 heterocycles. The maximum atomic E-state index is 12.3. The van der Waals surface area contributed by atoms with Crippen molar-refractivity contribution in [3.8, 4) is 0 Å². The number of amides is 1. The van der Waals surface area contributed by atoms with Gasteiger partial charge in [0.25, 0.3) is 5.91 Å². The number of ether oxygens (including phenoxy) is 1. The smallest absolute Gasteiger partial charge is 0.337 e. The number of carbonyl (C=O) groups excluding carboxylic acids is 2. The van der Waals surface area contributed by atoms with Crippen molar-refractivity contribution in [1.29, 1.82) is 0 Å². The molecule has 27 heavy (non-hydrogen) atoms. The van der Waals surface area contributed by atoms with Crippen LogP contribution in [0.2, 0.25) is 0 Å². The molecule has 5 nitrogen and oxygen atoms in total. The van der Waals surface area contributed by atoms with Gasteiger partial charge >= 0.3 is 5.97 Å². The lowest BCUT2D eigenvalue weighted by atomic mass is 10.2. The van der Waals surface area contributed by atoms with Crippen LogP contribution in [0.25, 0.3) is 16.3 Å². The number of fused-ring (bicyclic) bond motifs is 1. The number of methoxy groups -OCH3 is 1. The molecule has 0 aliphatic carbocycles. The molecule has 0 spiro atoms. The maximum Gasteiger partial charge on any atom is 0.337 e. The quantitative estimate of drug-likeness (QED) is 0.385. The van der Waals surface area contributed by atoms with Crippen molar-refractivity contribution in [3.63, 3.8) is 0 Å². The van der Waals surface area contributed by atoms with E-state index in [1.54, 1.807) is 24.3 Å². The molecule has 0 aliphatic rings. The first kappa shape index (κ1) is 18.5. The Morgan fingerprint density at radius 1 is 1.22 bits per heavy atom. The Hall–Kier alpha value is -3.25. The zero-order valence-corrected chi connectivity index (χ0v) is 15.6. The number of thiazole rings is 1. The van der Waals surface area contributed by atoms with Crippen molar-refractivity contribution >= 4 is 39.5 Å². The highest BCUT2D eigenvalue weighted by Crippen LogP contribution is 2.20. The number of allylic oxidation sites excluding steroid dienone is 1. The van der Waals surface area contributed by atoms with Crippen LogP contribution >= 0.6 is 11.3 Å². The predicted octanol–water partition coefficient (Wildman–Crippen LogP) is 3.82. The summed E-state index contributed by atoms with van der Waals surface area (Å²) in [7, 11) is 1.34. The van der Waals surface area contributed by atoms with Gasteiger partial charge in [-0.2, -0.15) is 4.99 Å². The summed E-state index contributed by atoms with van der Waals surface area (Å²) in [5.41, 5.74) is 2.27. The van der Waals surface area contributed by atoms with Crippen LogP contribution in [0.5, 0.6) is 0 Å². The van der Waals surface area contributed by atoms with E-state index in [1.165, 1.54) is 24.5 Å². The average Bonchev–Trinajstić information content (AvgIpc) is 3.03. The molecule has 0 fully saturated rings. The molecule has 6 heteroatoms. The van der Waals surface area contributed by atoms with E-state index in [-0.39, 0.29) is 5.91 Å². The molecule has 0 saturated heterocycles. The number of aromatic nitrogens is 1. The summed E-state index contributed by atoms with van der Waals surface area (Å²) in [5, 5.41) is 0. The summed E-state index contributed by atoms with van der Waals surface area (Å²) >= 11 is 1.34. The average molecular weight is 378 g/mol. The van der Waals surface area contributed by atoms with Gasteiger partial charge in [0.05, 0.1) is 22.9 Å². The molecule has 0 radical (unpaired) electrons. The summed E-state index contributed by atoms with van der Waals surface area (Å²) in [6.07, 6.45) is 4.91. The molecule has 3 aromatic rings. The van der Waals surface area contributed by atoms with Crippen molar-refractivity contribution in [2.24, 2.45) is 4.99 Å². The summed E-state index contributed by atoms with van der Waals surface area (Å²) in [4.78, 5) is 28.8. The van der Waals surface area contributed by atoms with Gasteiger partial charge in [0.15, 0.2) is 4.80 Å². The molecule has 0 atom stereocenters. The molecule has 1 amide bonds. The van der Waals surface area contributed by atoms with Gasteiger partial charge in [-0.05, 0) is 29.8 Å². The highest BCUT2D eigenvalue weighted by Gasteiger charge is 2.11. The summed E-state index contributed by atoms with van der Waals surface area (Å²) < 4.78 is 7.50. The zero-order chi connectivity index (χ0) is 19.2. The number of nitrogens with zero attached hydrogens (tertiary/aromatic N) is 2. The molecule has 0 unspecified atom stereocenters. The molecule has 2 aromatic carbocycles. The third kappa shape index (κ3) is 4.30. The second-order valence-corrected chi connectivity index (χ2v) is 6.66. The van der Waals surface area contributed by atoms with Gasteiger partial charge < -0.3 is 9.30 Å². The number of carbonyl (C=O) groups is 2. The fourth-order valence-corrected chi connectivity index (χ4v) is 3.66. The van der Waals surface area contributed by atoms with Crippen LogP contribution < -0.4 is 4.80 Å². The third-order valence-corrected chi connectivity index (χ3v) is 4.88. The van der Waals surface area contributed by atoms with E-state index >= 15 is 0 Å². The van der Waals surface area contributed by atoms with E-state index < -0.39 is 5.97 Å². The SMILES string of the molecule is C=CCn1c(=NC(=O)C=Cc2ccccc2)sc2cc(C(=O)OC)ccc21. The molecule has 136 valence electrons. The third-order valence-electron chi connectivity index (χ3n) is 3.84. The van der Waals surface area contributed by atoms with E-state index in [1.807, 2.05) is 41.0 Å². The van der Waals surface area contributed by atoms with Crippen LogP contribution in [0.4, 0.5) is 0 Å². The minimum atomic E-state index is -0.402. The minimum absolute atomic E-state index is 0.351. The first-order chi connectivity index (χ1) is 13.1. The lowest BCUT2D eigenvalue weighted by Crippen LogP contribution is -2.15. The zero-order valence-electron chi connectivity index (χ0n) is 14.8. The largest absolute Gasteiger partial charge is 0.465 e. The van der Waals surface area contributed by atoms with E-state index in [9.17, 15) is 9.59 Å². The van der Waals surface area contributed by atoms with Crippen LogP contribution in [0.3, 0.4) is 0 Å². The van der Waals surface area contributed by atoms with Crippen LogP contribution in [0.1, 0.15) is 15.9 Å². The molecular weight excluding hydrogens is 360 g/mol. The van der Waals surface area contributed by atoms with Crippen LogP contribution in [-0.4, -0.2) is 23.6 Å². The van der Waals surface area contributed by atoms with Gasteiger partial charge in [0.1, 0.15) is 0 Å². The monoisotopic (exact) mass is 378 g/mol. The Morgan fingerprint density at radius 3 is 2.70 bits per heavy atom. The lowest BCUT2D eigenvalue weighted by Gasteiger charge is -2.02. The Balaban J connectivity index is 2.01. The highest BCUT2D eigenvalue weighted by atomic mass is 32.1. The fourth-order valence-electron chi connectivity index (χ4n) is 2.57. The van der Waals surface area contributed by atoms with Gasteiger partial charge in [-0.1, -0.05) is 47.7 Å². The number of benzene rings is 2. The summed E-state index contributed by atoms with van der Waals surface area (Å²) in [6.45, 7) is 4.27. The van der Waals surface area contributed by atoms with E-state index in [0.717, 1.165) is 15.8 Å². The van der Waals surface area contributed by atoms with Crippen molar-refractivity contribution in [2.75, 3.05) is 7.11 Å². The van der Waals surface area contributed by atoms with Crippen molar-refractivity contribution in [1.82, 2.24) is 4.57 Å².